The van der Waals surface area contributed by atoms with Gasteiger partial charge in [-0.2, -0.15) is 0 Å². The zero-order valence-electron chi connectivity index (χ0n) is 12.9. The second-order valence-corrected chi connectivity index (χ2v) is 11.1. The van der Waals surface area contributed by atoms with Crippen molar-refractivity contribution < 1.29 is 23.0 Å². The first-order valence-corrected chi connectivity index (χ1v) is 10.4. The van der Waals surface area contributed by atoms with Gasteiger partial charge >= 0.3 is 145 Å². The second-order valence-electron chi connectivity index (χ2n) is 5.54. The van der Waals surface area contributed by atoms with Crippen molar-refractivity contribution in [2.75, 3.05) is 0 Å². The van der Waals surface area contributed by atoms with E-state index in [1.807, 2.05) is 0 Å². The summed E-state index contributed by atoms with van der Waals surface area (Å²) in [6, 6.07) is 4.75. The van der Waals surface area contributed by atoms with E-state index >= 15 is 0 Å². The van der Waals surface area contributed by atoms with Crippen LogP contribution in [0, 0.1) is 34.1 Å². The summed E-state index contributed by atoms with van der Waals surface area (Å²) in [5.41, 5.74) is -0.221. The molecule has 0 atom stereocenters. The third-order valence-corrected chi connectivity index (χ3v) is 9.71. The van der Waals surface area contributed by atoms with Crippen molar-refractivity contribution in [2.24, 2.45) is 0 Å². The van der Waals surface area contributed by atoms with E-state index in [4.69, 9.17) is 0 Å². The van der Waals surface area contributed by atoms with Crippen molar-refractivity contribution in [3.8, 4) is 0 Å². The molecule has 0 N–H and O–H groups in total. The van der Waals surface area contributed by atoms with Crippen LogP contribution >= 0.6 is 0 Å². The van der Waals surface area contributed by atoms with Crippen LogP contribution in [0.2, 0.25) is 0 Å². The van der Waals surface area contributed by atoms with Gasteiger partial charge < -0.3 is 0 Å². The predicted octanol–water partition coefficient (Wildman–Crippen LogP) is 4.65. The van der Waals surface area contributed by atoms with Gasteiger partial charge in [0.2, 0.25) is 0 Å². The van der Waals surface area contributed by atoms with Gasteiger partial charge in [-0.05, 0) is 0 Å². The molecule has 0 radical (unpaired) electrons. The van der Waals surface area contributed by atoms with Gasteiger partial charge in [0, 0.05) is 0 Å². The van der Waals surface area contributed by atoms with Gasteiger partial charge in [-0.25, -0.2) is 0 Å². The number of hydrogen-bond donors (Lipinski definition) is 0. The molecule has 1 aromatic heterocycles. The van der Waals surface area contributed by atoms with Gasteiger partial charge in [0.1, 0.15) is 0 Å². The third kappa shape index (κ3) is 2.75. The SMILES string of the molecule is Cc1cc2c3cc(C)c([N+](=O)[O-])cc3[te+](C(F)(F)F)c2cc1[N+](=O)[O-]. The molecule has 0 saturated heterocycles. The number of fused-ring (bicyclic) bond motifs is 3. The minimum absolute atomic E-state index is 0.0803. The molecule has 130 valence electrons. The van der Waals surface area contributed by atoms with Gasteiger partial charge in [0.05, 0.1) is 0 Å². The molecular weight excluding hydrogens is 457 g/mol. The molecule has 25 heavy (non-hydrogen) atoms. The van der Waals surface area contributed by atoms with E-state index in [2.05, 4.69) is 0 Å². The molecule has 0 spiro atoms. The van der Waals surface area contributed by atoms with Gasteiger partial charge in [-0.3, -0.25) is 0 Å². The summed E-state index contributed by atoms with van der Waals surface area (Å²) in [4.78, 5) is 20.8. The quantitative estimate of drug-likeness (QED) is 0.312. The Kier molecular flexibility index (Phi) is 4.00. The van der Waals surface area contributed by atoms with Crippen molar-refractivity contribution in [3.63, 3.8) is 0 Å². The fourth-order valence-electron chi connectivity index (χ4n) is 2.87. The number of nitrogens with zero attached hydrogens (tertiary/aromatic N) is 2. The summed E-state index contributed by atoms with van der Waals surface area (Å²) >= 11 is -4.24. The fraction of sp³-hybridized carbons (Fsp3) is 0.200. The normalized spacial score (nSPS) is 12.0. The van der Waals surface area contributed by atoms with Crippen molar-refractivity contribution in [3.05, 3.63) is 55.6 Å². The van der Waals surface area contributed by atoms with E-state index in [9.17, 15) is 33.4 Å². The van der Waals surface area contributed by atoms with Crippen LogP contribution in [0.25, 0.3) is 17.6 Å². The average Bonchev–Trinajstić information content (AvgIpc) is 2.77. The van der Waals surface area contributed by atoms with Crippen LogP contribution in [0.4, 0.5) is 24.5 Å². The van der Waals surface area contributed by atoms with Gasteiger partial charge in [-0.1, -0.05) is 0 Å². The summed E-state index contributed by atoms with van der Waals surface area (Å²) in [5.74, 6) is 0. The molecular formula is C15H10F3N2O4Te+. The number of nitro benzene ring substituents is 2. The monoisotopic (exact) mass is 469 g/mol. The van der Waals surface area contributed by atoms with E-state index in [1.165, 1.54) is 26.0 Å². The van der Waals surface area contributed by atoms with Gasteiger partial charge in [-0.15, -0.1) is 0 Å². The zero-order chi connectivity index (χ0) is 18.7. The van der Waals surface area contributed by atoms with Crippen LogP contribution in [0.5, 0.6) is 0 Å². The van der Waals surface area contributed by atoms with Crippen molar-refractivity contribution in [1.29, 1.82) is 0 Å². The molecule has 0 aliphatic carbocycles. The molecule has 2 aromatic carbocycles. The zero-order valence-corrected chi connectivity index (χ0v) is 15.2. The fourth-order valence-corrected chi connectivity index (χ4v) is 8.50. The standard InChI is InChI=1S/C15H10F3N2O4Te/c1-7-3-9-10-4-8(2)12(20(23)24)6-14(10)25(15(16,17)18)13(9)5-11(7)19(21)22/h3-6H,1-2H3/q+1. The Bertz CT molecular complexity index is 995. The summed E-state index contributed by atoms with van der Waals surface area (Å²) in [7, 11) is 0. The topological polar surface area (TPSA) is 86.3 Å². The summed E-state index contributed by atoms with van der Waals surface area (Å²) in [6.07, 6.45) is 0. The predicted molar refractivity (Wildman–Crippen MR) is 87.1 cm³/mol. The number of halogens is 3. The number of aryl methyl sites for hydroxylation is 2. The van der Waals surface area contributed by atoms with Crippen LogP contribution in [0.3, 0.4) is 0 Å². The van der Waals surface area contributed by atoms with Crippen LogP contribution < -0.4 is 0 Å². The molecule has 1 heterocycles. The maximum atomic E-state index is 13.7. The molecule has 0 unspecified atom stereocenters. The number of rotatable bonds is 2. The van der Waals surface area contributed by atoms with E-state index in [1.54, 1.807) is 0 Å². The Morgan fingerprint density at radius 2 is 1.20 bits per heavy atom. The molecule has 0 saturated carbocycles. The second kappa shape index (κ2) is 5.68. The van der Waals surface area contributed by atoms with Gasteiger partial charge in [0.25, 0.3) is 0 Å². The number of nitro groups is 2. The third-order valence-electron chi connectivity index (χ3n) is 3.95. The molecule has 0 amide bonds. The number of benzene rings is 2. The number of hydrogen-bond acceptors (Lipinski definition) is 4. The van der Waals surface area contributed by atoms with E-state index in [0.717, 1.165) is 12.1 Å². The maximum absolute atomic E-state index is 13.7. The first-order chi connectivity index (χ1) is 11.5. The van der Waals surface area contributed by atoms with Crippen LogP contribution in [-0.4, -0.2) is 28.9 Å². The average molecular weight is 467 g/mol. The Hall–Kier alpha value is -2.18. The van der Waals surface area contributed by atoms with E-state index in [0.29, 0.717) is 10.8 Å². The molecule has 0 fully saturated rings. The summed E-state index contributed by atoms with van der Waals surface area (Å²) in [6.45, 7) is 2.92. The first kappa shape index (κ1) is 17.6. The van der Waals surface area contributed by atoms with E-state index < -0.39 is 33.1 Å². The Morgan fingerprint density at radius 3 is 1.48 bits per heavy atom. The van der Waals surface area contributed by atoms with Crippen LogP contribution in [-0.2, 0) is 4.22 Å². The molecule has 0 aliphatic heterocycles. The Morgan fingerprint density at radius 1 is 0.840 bits per heavy atom. The first-order valence-electron chi connectivity index (χ1n) is 6.92. The molecule has 10 heteroatoms. The minimum atomic E-state index is -4.56. The molecule has 3 aromatic rings. The molecule has 3 rings (SSSR count). The molecule has 0 aliphatic rings. The van der Waals surface area contributed by atoms with Crippen molar-refractivity contribution in [1.82, 2.24) is 0 Å². The van der Waals surface area contributed by atoms with Crippen LogP contribution in [0.15, 0.2) is 24.3 Å². The van der Waals surface area contributed by atoms with Crippen molar-refractivity contribution >= 4 is 48.0 Å². The van der Waals surface area contributed by atoms with Crippen LogP contribution in [0.1, 0.15) is 11.1 Å². The van der Waals surface area contributed by atoms with Crippen molar-refractivity contribution in [2.45, 2.75) is 18.1 Å². The molecule has 6 nitrogen and oxygen atoms in total. The summed E-state index contributed by atoms with van der Waals surface area (Å²) in [5, 5.41) is 22.8. The molecule has 0 bridgehead atoms. The Balaban J connectivity index is 2.59. The summed E-state index contributed by atoms with van der Waals surface area (Å²) < 4.78 is 36.4. The Labute approximate surface area is 144 Å². The van der Waals surface area contributed by atoms with Gasteiger partial charge in [0.15, 0.2) is 0 Å². The number of alkyl halides is 3. The van der Waals surface area contributed by atoms with E-state index in [-0.39, 0.29) is 29.3 Å².